The van der Waals surface area contributed by atoms with Gasteiger partial charge in [-0.1, -0.05) is 24.3 Å². The van der Waals surface area contributed by atoms with E-state index < -0.39 is 17.7 Å². The van der Waals surface area contributed by atoms with Gasteiger partial charge in [0.15, 0.2) is 5.57 Å². The highest BCUT2D eigenvalue weighted by Gasteiger charge is 2.39. The van der Waals surface area contributed by atoms with Gasteiger partial charge < -0.3 is 20.1 Å². The average molecular weight is 394 g/mol. The van der Waals surface area contributed by atoms with Crippen LogP contribution in [0.4, 0.5) is 11.4 Å². The van der Waals surface area contributed by atoms with Gasteiger partial charge in [0.25, 0.3) is 11.7 Å². The van der Waals surface area contributed by atoms with Gasteiger partial charge in [-0.3, -0.25) is 4.79 Å². The van der Waals surface area contributed by atoms with Crippen molar-refractivity contribution in [3.8, 4) is 0 Å². The third-order valence-electron chi connectivity index (χ3n) is 4.30. The normalized spacial score (nSPS) is 15.2. The van der Waals surface area contributed by atoms with E-state index in [9.17, 15) is 14.4 Å². The molecule has 0 aliphatic carbocycles. The fraction of sp³-hybridized carbons (Fsp3) is 0.227. The molecule has 150 valence electrons. The molecule has 2 aromatic carbocycles. The minimum absolute atomic E-state index is 0.262. The van der Waals surface area contributed by atoms with E-state index in [-0.39, 0.29) is 11.5 Å². The number of hydrogen-bond donors (Lipinski definition) is 2. The van der Waals surface area contributed by atoms with Gasteiger partial charge in [-0.2, -0.15) is 0 Å². The molecule has 3 rings (SSSR count). The molecule has 0 unspecified atom stereocenters. The Morgan fingerprint density at radius 1 is 0.966 bits per heavy atom. The largest absolute Gasteiger partial charge is 0.419 e. The molecule has 2 N–H and O–H groups in total. The quantitative estimate of drug-likeness (QED) is 0.467. The van der Waals surface area contributed by atoms with Gasteiger partial charge in [0, 0.05) is 25.6 Å². The number of ether oxygens (including phenoxy) is 2. The van der Waals surface area contributed by atoms with Gasteiger partial charge >= 0.3 is 11.9 Å². The Kier molecular flexibility index (Phi) is 5.41. The molecule has 1 heterocycles. The molecule has 1 fully saturated rings. The highest BCUT2D eigenvalue weighted by atomic mass is 16.7. The van der Waals surface area contributed by atoms with Gasteiger partial charge in [0.05, 0.1) is 11.4 Å². The second-order valence-electron chi connectivity index (χ2n) is 7.20. The van der Waals surface area contributed by atoms with Crippen LogP contribution in [0, 0.1) is 13.8 Å². The number of benzene rings is 2. The van der Waals surface area contributed by atoms with Gasteiger partial charge in [-0.05, 0) is 43.2 Å². The first kappa shape index (κ1) is 20.1. The fourth-order valence-corrected chi connectivity index (χ4v) is 2.83. The number of esters is 2. The molecule has 1 saturated heterocycles. The number of rotatable bonds is 4. The van der Waals surface area contributed by atoms with Gasteiger partial charge in [-0.25, -0.2) is 9.59 Å². The van der Waals surface area contributed by atoms with Crippen molar-refractivity contribution in [3.63, 3.8) is 0 Å². The fourth-order valence-electron chi connectivity index (χ4n) is 2.83. The molecule has 0 bridgehead atoms. The molecule has 7 nitrogen and oxygen atoms in total. The molecule has 2 aromatic rings. The Labute approximate surface area is 168 Å². The van der Waals surface area contributed by atoms with E-state index in [1.54, 1.807) is 24.3 Å². The summed E-state index contributed by atoms with van der Waals surface area (Å²) in [6.07, 6.45) is 1.22. The zero-order valence-corrected chi connectivity index (χ0v) is 16.7. The molecular weight excluding hydrogens is 372 g/mol. The second kappa shape index (κ2) is 7.79. The number of aryl methyl sites for hydroxylation is 2. The van der Waals surface area contributed by atoms with Crippen LogP contribution in [-0.2, 0) is 19.1 Å². The zero-order valence-electron chi connectivity index (χ0n) is 16.7. The monoisotopic (exact) mass is 394 g/mol. The van der Waals surface area contributed by atoms with E-state index in [4.69, 9.17) is 9.47 Å². The van der Waals surface area contributed by atoms with Crippen LogP contribution in [0.5, 0.6) is 0 Å². The van der Waals surface area contributed by atoms with E-state index in [1.165, 1.54) is 20.0 Å². The average Bonchev–Trinajstić information content (AvgIpc) is 2.62. The number of amides is 1. The zero-order chi connectivity index (χ0) is 21.2. The highest BCUT2D eigenvalue weighted by molar-refractivity contribution is 6.15. The third kappa shape index (κ3) is 4.63. The van der Waals surface area contributed by atoms with Crippen molar-refractivity contribution in [2.75, 3.05) is 10.6 Å². The number of hydrogen-bond acceptors (Lipinski definition) is 6. The summed E-state index contributed by atoms with van der Waals surface area (Å²) in [4.78, 5) is 36.8. The van der Waals surface area contributed by atoms with Gasteiger partial charge in [0.2, 0.25) is 0 Å². The van der Waals surface area contributed by atoms with E-state index in [0.29, 0.717) is 16.9 Å². The SMILES string of the molecule is Cc1ccc(NC(=O)c2ccccc2C)c(NC=C2C(=O)OC(C)(C)OC2=O)c1. The summed E-state index contributed by atoms with van der Waals surface area (Å²) in [7, 11) is 0. The van der Waals surface area contributed by atoms with E-state index in [0.717, 1.165) is 11.1 Å². The van der Waals surface area contributed by atoms with Crippen molar-refractivity contribution in [2.45, 2.75) is 33.5 Å². The smallest absolute Gasteiger partial charge is 0.350 e. The third-order valence-corrected chi connectivity index (χ3v) is 4.30. The lowest BCUT2D eigenvalue weighted by atomic mass is 10.1. The van der Waals surface area contributed by atoms with E-state index >= 15 is 0 Å². The highest BCUT2D eigenvalue weighted by Crippen LogP contribution is 2.26. The lowest BCUT2D eigenvalue weighted by Gasteiger charge is -2.29. The van der Waals surface area contributed by atoms with Crippen LogP contribution in [0.1, 0.15) is 35.3 Å². The molecule has 0 radical (unpaired) electrons. The molecule has 0 atom stereocenters. The Bertz CT molecular complexity index is 1000. The summed E-state index contributed by atoms with van der Waals surface area (Å²) < 4.78 is 10.1. The standard InChI is InChI=1S/C22H22N2O5/c1-13-9-10-17(24-19(25)15-8-6-5-7-14(15)2)18(11-13)23-12-16-20(26)28-22(3,4)29-21(16)27/h5-12,23H,1-4H3,(H,24,25). The molecule has 0 aromatic heterocycles. The van der Waals surface area contributed by atoms with Crippen LogP contribution in [-0.4, -0.2) is 23.6 Å². The lowest BCUT2D eigenvalue weighted by molar-refractivity contribution is -0.222. The van der Waals surface area contributed by atoms with Crippen molar-refractivity contribution in [3.05, 3.63) is 70.9 Å². The molecular formula is C22H22N2O5. The predicted molar refractivity (Wildman–Crippen MR) is 108 cm³/mol. The number of anilines is 2. The number of carbonyl (C=O) groups excluding carboxylic acids is 3. The van der Waals surface area contributed by atoms with E-state index in [2.05, 4.69) is 10.6 Å². The minimum Gasteiger partial charge on any atom is -0.419 e. The number of cyclic esters (lactones) is 2. The first-order chi connectivity index (χ1) is 13.7. The van der Waals surface area contributed by atoms with Crippen molar-refractivity contribution in [1.82, 2.24) is 0 Å². The summed E-state index contributed by atoms with van der Waals surface area (Å²) in [6, 6.07) is 12.6. The summed E-state index contributed by atoms with van der Waals surface area (Å²) in [5.41, 5.74) is 3.09. The van der Waals surface area contributed by atoms with Crippen LogP contribution in [0.2, 0.25) is 0 Å². The maximum Gasteiger partial charge on any atom is 0.350 e. The Balaban J connectivity index is 1.84. The van der Waals surface area contributed by atoms with Crippen molar-refractivity contribution < 1.29 is 23.9 Å². The first-order valence-electron chi connectivity index (χ1n) is 9.07. The Hall–Kier alpha value is -3.61. The molecule has 1 amide bonds. The Morgan fingerprint density at radius 3 is 2.28 bits per heavy atom. The molecule has 0 spiro atoms. The maximum absolute atomic E-state index is 12.7. The maximum atomic E-state index is 12.7. The molecule has 1 aliphatic heterocycles. The topological polar surface area (TPSA) is 93.7 Å². The van der Waals surface area contributed by atoms with Crippen LogP contribution in [0.3, 0.4) is 0 Å². The molecule has 7 heteroatoms. The van der Waals surface area contributed by atoms with Crippen LogP contribution < -0.4 is 10.6 Å². The summed E-state index contributed by atoms with van der Waals surface area (Å²) >= 11 is 0. The second-order valence-corrected chi connectivity index (χ2v) is 7.20. The van der Waals surface area contributed by atoms with Gasteiger partial charge in [0.1, 0.15) is 0 Å². The van der Waals surface area contributed by atoms with Crippen LogP contribution in [0.25, 0.3) is 0 Å². The first-order valence-corrected chi connectivity index (χ1v) is 9.07. The lowest BCUT2D eigenvalue weighted by Crippen LogP contribution is -2.42. The summed E-state index contributed by atoms with van der Waals surface area (Å²) in [5.74, 6) is -3.13. The molecule has 29 heavy (non-hydrogen) atoms. The van der Waals surface area contributed by atoms with Crippen LogP contribution >= 0.6 is 0 Å². The molecule has 0 saturated carbocycles. The van der Waals surface area contributed by atoms with Crippen molar-refractivity contribution in [1.29, 1.82) is 0 Å². The number of carbonyl (C=O) groups is 3. The van der Waals surface area contributed by atoms with Crippen molar-refractivity contribution >= 4 is 29.2 Å². The predicted octanol–water partition coefficient (Wildman–Crippen LogP) is 3.69. The van der Waals surface area contributed by atoms with Crippen molar-refractivity contribution in [2.24, 2.45) is 0 Å². The molecule has 1 aliphatic rings. The number of nitrogens with one attached hydrogen (secondary N) is 2. The minimum atomic E-state index is -1.30. The van der Waals surface area contributed by atoms with Gasteiger partial charge in [-0.15, -0.1) is 0 Å². The van der Waals surface area contributed by atoms with Crippen LogP contribution in [0.15, 0.2) is 54.2 Å². The summed E-state index contributed by atoms with van der Waals surface area (Å²) in [5, 5.41) is 5.76. The van der Waals surface area contributed by atoms with E-state index in [1.807, 2.05) is 32.0 Å². The Morgan fingerprint density at radius 2 is 1.62 bits per heavy atom. The summed E-state index contributed by atoms with van der Waals surface area (Å²) in [6.45, 7) is 6.70.